The van der Waals surface area contributed by atoms with Crippen LogP contribution in [0.5, 0.6) is 11.6 Å². The molecule has 7 nitrogen and oxygen atoms in total. The lowest BCUT2D eigenvalue weighted by atomic mass is 10.1. The predicted molar refractivity (Wildman–Crippen MR) is 114 cm³/mol. The Hall–Kier alpha value is -3.92. The molecule has 0 amide bonds. The summed E-state index contributed by atoms with van der Waals surface area (Å²) < 4.78 is 6.71. The molecule has 1 atom stereocenters. The Kier molecular flexibility index (Phi) is 6.28. The maximum absolute atomic E-state index is 13.2. The number of hydrogen-bond donors (Lipinski definition) is 1. The molecule has 0 aliphatic rings. The van der Waals surface area contributed by atoms with Crippen LogP contribution < -0.4 is 10.3 Å². The Morgan fingerprint density at radius 2 is 1.80 bits per heavy atom. The molecule has 0 bridgehead atoms. The summed E-state index contributed by atoms with van der Waals surface area (Å²) >= 11 is 0. The third kappa shape index (κ3) is 3.94. The van der Waals surface area contributed by atoms with E-state index < -0.39 is 11.6 Å². The Bertz CT molecular complexity index is 1180. The first-order valence-corrected chi connectivity index (χ1v) is 9.56. The Balaban J connectivity index is 2.17. The molecule has 0 saturated heterocycles. The van der Waals surface area contributed by atoms with Crippen LogP contribution in [0.3, 0.4) is 0 Å². The highest BCUT2D eigenvalue weighted by molar-refractivity contribution is 5.58. The van der Waals surface area contributed by atoms with Crippen molar-refractivity contribution < 1.29 is 9.84 Å². The number of pyridine rings is 1. The van der Waals surface area contributed by atoms with E-state index in [1.165, 1.54) is 4.57 Å². The minimum atomic E-state index is -0.530. The first kappa shape index (κ1) is 20.8. The summed E-state index contributed by atoms with van der Waals surface area (Å²) in [4.78, 5) is 13.2. The van der Waals surface area contributed by atoms with Crippen molar-refractivity contribution in [3.63, 3.8) is 0 Å². The zero-order chi connectivity index (χ0) is 21.7. The summed E-state index contributed by atoms with van der Waals surface area (Å²) in [6.45, 7) is 5.67. The summed E-state index contributed by atoms with van der Waals surface area (Å²) in [5, 5.41) is 28.6. The van der Waals surface area contributed by atoms with Crippen molar-refractivity contribution in [3.8, 4) is 17.7 Å². The smallest absolute Gasteiger partial charge is 0.282 e. The summed E-state index contributed by atoms with van der Waals surface area (Å²) in [5.74, 6) is 0.156. The van der Waals surface area contributed by atoms with Gasteiger partial charge in [0.2, 0.25) is 5.88 Å². The second-order valence-electron chi connectivity index (χ2n) is 6.65. The number of aromatic hydroxyl groups is 1. The van der Waals surface area contributed by atoms with E-state index in [0.29, 0.717) is 18.0 Å². The molecule has 0 aliphatic heterocycles. The zero-order valence-corrected chi connectivity index (χ0v) is 17.0. The van der Waals surface area contributed by atoms with Gasteiger partial charge >= 0.3 is 0 Å². The standard InChI is InChI=1S/C23H22N4O3/c1-4-30-20-13-9-8-12-19(20)25-26-21-15(2)18(14-24)22(28)27(23(21)29)16(3)17-10-6-5-7-11-17/h5-13,16,28H,4H2,1-3H3. The number of hydrogen-bond acceptors (Lipinski definition) is 6. The summed E-state index contributed by atoms with van der Waals surface area (Å²) in [6, 6.07) is 17.8. The molecule has 3 rings (SSSR count). The van der Waals surface area contributed by atoms with Crippen LogP contribution in [0.4, 0.5) is 11.4 Å². The van der Waals surface area contributed by atoms with Crippen LogP contribution in [0.2, 0.25) is 0 Å². The van der Waals surface area contributed by atoms with E-state index in [1.54, 1.807) is 32.0 Å². The molecule has 7 heteroatoms. The molecule has 152 valence electrons. The number of aromatic nitrogens is 1. The molecular weight excluding hydrogens is 380 g/mol. The molecule has 0 radical (unpaired) electrons. The quantitative estimate of drug-likeness (QED) is 0.576. The van der Waals surface area contributed by atoms with Gasteiger partial charge in [-0.25, -0.2) is 0 Å². The fraction of sp³-hybridized carbons (Fsp3) is 0.217. The van der Waals surface area contributed by atoms with Gasteiger partial charge in [-0.15, -0.1) is 10.2 Å². The maximum atomic E-state index is 13.2. The highest BCUT2D eigenvalue weighted by Gasteiger charge is 2.23. The number of rotatable bonds is 6. The van der Waals surface area contributed by atoms with Crippen molar-refractivity contribution in [2.24, 2.45) is 10.2 Å². The molecule has 0 saturated carbocycles. The lowest BCUT2D eigenvalue weighted by Gasteiger charge is -2.19. The number of ether oxygens (including phenoxy) is 1. The van der Waals surface area contributed by atoms with E-state index in [9.17, 15) is 15.2 Å². The largest absolute Gasteiger partial charge is 0.493 e. The van der Waals surface area contributed by atoms with Gasteiger partial charge < -0.3 is 9.84 Å². The number of nitrogens with zero attached hydrogens (tertiary/aromatic N) is 4. The molecular formula is C23H22N4O3. The lowest BCUT2D eigenvalue weighted by Crippen LogP contribution is -2.25. The Morgan fingerprint density at radius 1 is 1.13 bits per heavy atom. The van der Waals surface area contributed by atoms with Gasteiger partial charge in [0.15, 0.2) is 5.69 Å². The molecule has 0 spiro atoms. The van der Waals surface area contributed by atoms with Crippen LogP contribution >= 0.6 is 0 Å². The van der Waals surface area contributed by atoms with Gasteiger partial charge in [0, 0.05) is 5.56 Å². The molecule has 2 aromatic carbocycles. The van der Waals surface area contributed by atoms with Gasteiger partial charge in [0.25, 0.3) is 5.56 Å². The van der Waals surface area contributed by atoms with Crippen molar-refractivity contribution in [1.29, 1.82) is 5.26 Å². The molecule has 1 aromatic heterocycles. The van der Waals surface area contributed by atoms with E-state index in [4.69, 9.17) is 4.74 Å². The van der Waals surface area contributed by atoms with Gasteiger partial charge in [-0.1, -0.05) is 42.5 Å². The normalized spacial score (nSPS) is 11.9. The summed E-state index contributed by atoms with van der Waals surface area (Å²) in [7, 11) is 0. The van der Waals surface area contributed by atoms with Crippen LogP contribution in [0.25, 0.3) is 0 Å². The van der Waals surface area contributed by atoms with Gasteiger partial charge in [-0.05, 0) is 38.5 Å². The minimum Gasteiger partial charge on any atom is -0.493 e. The fourth-order valence-corrected chi connectivity index (χ4v) is 3.19. The van der Waals surface area contributed by atoms with Crippen LogP contribution in [0.1, 0.15) is 36.6 Å². The molecule has 0 aliphatic carbocycles. The average Bonchev–Trinajstić information content (AvgIpc) is 2.75. The molecule has 1 heterocycles. The molecule has 3 aromatic rings. The van der Waals surface area contributed by atoms with Crippen LogP contribution in [0.15, 0.2) is 69.6 Å². The van der Waals surface area contributed by atoms with Crippen LogP contribution in [-0.2, 0) is 0 Å². The van der Waals surface area contributed by atoms with Gasteiger partial charge in [0.1, 0.15) is 23.1 Å². The molecule has 0 fully saturated rings. The van der Waals surface area contributed by atoms with Gasteiger partial charge in [0.05, 0.1) is 12.6 Å². The first-order valence-electron chi connectivity index (χ1n) is 9.56. The highest BCUT2D eigenvalue weighted by Crippen LogP contribution is 2.32. The predicted octanol–water partition coefficient (Wildman–Crippen LogP) is 5.16. The van der Waals surface area contributed by atoms with Crippen molar-refractivity contribution >= 4 is 11.4 Å². The van der Waals surface area contributed by atoms with E-state index >= 15 is 0 Å². The van der Waals surface area contributed by atoms with E-state index in [0.717, 1.165) is 5.56 Å². The molecule has 1 unspecified atom stereocenters. The van der Waals surface area contributed by atoms with Crippen molar-refractivity contribution in [2.45, 2.75) is 26.8 Å². The SMILES string of the molecule is CCOc1ccccc1N=Nc1c(C)c(C#N)c(O)n(C(C)c2ccccc2)c1=O. The minimum absolute atomic E-state index is 0.00145. The van der Waals surface area contributed by atoms with Crippen LogP contribution in [-0.4, -0.2) is 16.3 Å². The lowest BCUT2D eigenvalue weighted by molar-refractivity contribution is 0.341. The first-order chi connectivity index (χ1) is 14.5. The van der Waals surface area contributed by atoms with E-state index in [2.05, 4.69) is 10.2 Å². The fourth-order valence-electron chi connectivity index (χ4n) is 3.19. The molecule has 30 heavy (non-hydrogen) atoms. The third-order valence-corrected chi connectivity index (χ3v) is 4.81. The number of para-hydroxylation sites is 1. The monoisotopic (exact) mass is 402 g/mol. The topological polar surface area (TPSA) is 100.0 Å². The number of nitriles is 1. The van der Waals surface area contributed by atoms with Crippen molar-refractivity contribution in [2.75, 3.05) is 6.61 Å². The Morgan fingerprint density at radius 3 is 2.47 bits per heavy atom. The summed E-state index contributed by atoms with van der Waals surface area (Å²) in [5.41, 5.74) is 1.01. The van der Waals surface area contributed by atoms with Crippen molar-refractivity contribution in [3.05, 3.63) is 81.6 Å². The van der Waals surface area contributed by atoms with E-state index in [-0.39, 0.29) is 22.7 Å². The van der Waals surface area contributed by atoms with Crippen LogP contribution in [0, 0.1) is 18.3 Å². The maximum Gasteiger partial charge on any atom is 0.282 e. The third-order valence-electron chi connectivity index (χ3n) is 4.81. The second kappa shape index (κ2) is 9.05. The number of benzene rings is 2. The Labute approximate surface area is 174 Å². The zero-order valence-electron chi connectivity index (χ0n) is 17.0. The highest BCUT2D eigenvalue weighted by atomic mass is 16.5. The van der Waals surface area contributed by atoms with Gasteiger partial charge in [-0.3, -0.25) is 9.36 Å². The average molecular weight is 402 g/mol. The molecule has 1 N–H and O–H groups in total. The van der Waals surface area contributed by atoms with Crippen molar-refractivity contribution in [1.82, 2.24) is 4.57 Å². The number of azo groups is 1. The second-order valence-corrected chi connectivity index (χ2v) is 6.65. The van der Waals surface area contributed by atoms with E-state index in [1.807, 2.05) is 49.4 Å². The van der Waals surface area contributed by atoms with Gasteiger partial charge in [-0.2, -0.15) is 5.26 Å². The summed E-state index contributed by atoms with van der Waals surface area (Å²) in [6.07, 6.45) is 0.